The minimum atomic E-state index is -1.35. The number of rotatable bonds is 18. The molecule has 18 N–H and O–H groups in total. The number of benzene rings is 2. The number of fused-ring (bicyclic) bond motifs is 2. The van der Waals surface area contributed by atoms with E-state index < -0.39 is 131 Å². The number of phenolic OH excluding ortho intramolecular Hbond substituents is 2. The molecule has 3 aliphatic rings. The van der Waals surface area contributed by atoms with Gasteiger partial charge in [-0.2, -0.15) is 0 Å². The Morgan fingerprint density at radius 3 is 1.07 bits per heavy atom. The van der Waals surface area contributed by atoms with Gasteiger partial charge in [0.2, 0.25) is 59.1 Å². The molecule has 0 aliphatic carbocycles. The number of nitrogens with zero attached hydrogens (tertiary/aromatic N) is 4. The normalized spacial score (nSPS) is 25.1. The van der Waals surface area contributed by atoms with Crippen LogP contribution < -0.4 is 65.5 Å². The summed E-state index contributed by atoms with van der Waals surface area (Å²) in [5.74, 6) is -9.51. The summed E-state index contributed by atoms with van der Waals surface area (Å²) in [5.41, 5.74) is 23.5. The average Bonchev–Trinajstić information content (AvgIpc) is 1.73. The number of hydrogen-bond donors (Lipinski definition) is 14. The van der Waals surface area contributed by atoms with Crippen LogP contribution >= 0.6 is 0 Å². The smallest absolute Gasteiger partial charge is 0.246 e. The highest BCUT2D eigenvalue weighted by Gasteiger charge is 2.43. The van der Waals surface area contributed by atoms with Crippen LogP contribution in [-0.2, 0) is 60.8 Å². The number of nitrogens with one attached hydrogen (secondary N) is 8. The van der Waals surface area contributed by atoms with Crippen LogP contribution in [0.4, 0.5) is 0 Å². The van der Waals surface area contributed by atoms with Gasteiger partial charge in [0.1, 0.15) is 71.9 Å². The predicted octanol–water partition coefficient (Wildman–Crippen LogP) is -0.732. The predicted molar refractivity (Wildman–Crippen MR) is 337 cm³/mol. The highest BCUT2D eigenvalue weighted by molar-refractivity contribution is 6.00. The maximum absolute atomic E-state index is 15.0. The quantitative estimate of drug-likeness (QED) is 0.0497. The molecule has 0 spiro atoms. The molecular formula is C62H96N16O12. The maximum Gasteiger partial charge on any atom is 0.246 e. The zero-order valence-corrected chi connectivity index (χ0v) is 53.1. The average molecular weight is 1260 g/mol. The van der Waals surface area contributed by atoms with Gasteiger partial charge in [0, 0.05) is 39.0 Å². The summed E-state index contributed by atoms with van der Waals surface area (Å²) in [7, 11) is 0. The van der Waals surface area contributed by atoms with Gasteiger partial charge >= 0.3 is 0 Å². The monoisotopic (exact) mass is 1260 g/mol. The molecule has 10 amide bonds. The number of amides is 10. The number of carbonyl (C=O) groups is 10. The third-order valence-electron chi connectivity index (χ3n) is 16.0. The minimum Gasteiger partial charge on any atom is -0.508 e. The molecule has 10 atom stereocenters. The molecule has 0 aromatic heterocycles. The Hall–Kier alpha value is -8.72. The highest BCUT2D eigenvalue weighted by atomic mass is 16.3. The van der Waals surface area contributed by atoms with Crippen molar-refractivity contribution < 1.29 is 58.2 Å². The van der Waals surface area contributed by atoms with Gasteiger partial charge < -0.3 is 85.5 Å². The van der Waals surface area contributed by atoms with Crippen molar-refractivity contribution in [2.24, 2.45) is 56.6 Å². The third kappa shape index (κ3) is 21.8. The van der Waals surface area contributed by atoms with Crippen molar-refractivity contribution in [1.29, 1.82) is 0 Å². The fraction of sp³-hybridized carbons (Fsp3) is 0.613. The lowest BCUT2D eigenvalue weighted by atomic mass is 9.98. The van der Waals surface area contributed by atoms with Crippen molar-refractivity contribution in [2.75, 3.05) is 26.2 Å². The lowest BCUT2D eigenvalue weighted by Gasteiger charge is -2.33. The van der Waals surface area contributed by atoms with Crippen molar-refractivity contribution in [3.05, 3.63) is 59.7 Å². The van der Waals surface area contributed by atoms with E-state index in [4.69, 9.17) is 22.9 Å². The summed E-state index contributed by atoms with van der Waals surface area (Å²) in [5, 5.41) is 42.8. The molecule has 2 aromatic rings. The first-order chi connectivity index (χ1) is 42.5. The molecule has 3 fully saturated rings. The van der Waals surface area contributed by atoms with Gasteiger partial charge in [0.05, 0.1) is 0 Å². The van der Waals surface area contributed by atoms with E-state index in [0.29, 0.717) is 24.0 Å². The maximum atomic E-state index is 15.0. The number of phenols is 2. The standard InChI is InChI=1S/C62H96N16O12/c1-33(2)29-43-53(83)73-45(31-37-17-21-39(79)22-18-37)59(89)77-27-11-15-47(77)55(85)76-50(36(7)8)58(88)70-42(14-10-26-68-62(65)66)52(82)72-44(30-34(3)4)54(84)74-46(32-38-19-23-40(80)24-20-38)60(90)78-28-12-16-48(78)56(86)75-49(35(5)6)57(87)69-41(51(81)71-43)13-9-25-67-61(63)64/h17-24,33-36,41-50,79-80H,9-16,25-32H2,1-8H3,(H,69,87)(H,70,88)(H,71,81)(H,72,82)(H,73,83)(H,74,84)(H,75,86)(H,76,85)(H4,63,64,67)(H4,65,66,68)/t41-,42-,43-,44-,45-,46+,47-,48-,49-,50-/m0/s1. The van der Waals surface area contributed by atoms with Crippen LogP contribution in [0.3, 0.4) is 0 Å². The lowest BCUT2D eigenvalue weighted by molar-refractivity contribution is -0.143. The number of nitrogens with two attached hydrogens (primary N) is 4. The van der Waals surface area contributed by atoms with Gasteiger partial charge in [-0.25, -0.2) is 0 Å². The van der Waals surface area contributed by atoms with Gasteiger partial charge in [-0.3, -0.25) is 57.9 Å². The zero-order chi connectivity index (χ0) is 66.5. The van der Waals surface area contributed by atoms with E-state index in [2.05, 4.69) is 52.5 Å². The Bertz CT molecular complexity index is 2690. The van der Waals surface area contributed by atoms with Gasteiger partial charge in [0.15, 0.2) is 11.9 Å². The van der Waals surface area contributed by atoms with E-state index in [1.165, 1.54) is 34.1 Å². The molecule has 0 bridgehead atoms. The SMILES string of the molecule is CC(C)C[C@@H]1NC(=O)[C@H](CCCN=C(N)N)NC(=O)[C@H](C(C)C)NC(=O)[C@@H]2CCCN2C(=O)[C@@H](Cc2ccc(O)cc2)NC(=O)[C@H](CC(C)C)NC(=O)[C@H](CCCN=C(N)N)NC(=O)[C@H](C(C)C)NC(=O)[C@@H]2CCCN2C(=O)[C@H](Cc2ccc(O)cc2)NC1=O. The molecule has 3 heterocycles. The molecule has 0 radical (unpaired) electrons. The molecule has 5 rings (SSSR count). The summed E-state index contributed by atoms with van der Waals surface area (Å²) in [6.45, 7) is 14.3. The minimum absolute atomic E-state index is 0.0507. The summed E-state index contributed by atoms with van der Waals surface area (Å²) < 4.78 is 0. The van der Waals surface area contributed by atoms with E-state index >= 15 is 9.59 Å². The zero-order valence-electron chi connectivity index (χ0n) is 53.1. The van der Waals surface area contributed by atoms with E-state index in [9.17, 15) is 48.6 Å². The van der Waals surface area contributed by atoms with Crippen LogP contribution in [0.5, 0.6) is 11.5 Å². The van der Waals surface area contributed by atoms with Crippen LogP contribution in [0.1, 0.15) is 131 Å². The van der Waals surface area contributed by atoms with Crippen LogP contribution in [-0.4, -0.2) is 178 Å². The fourth-order valence-electron chi connectivity index (χ4n) is 11.3. The first kappa shape index (κ1) is 72.0. The Kier molecular flexibility index (Phi) is 27.5. The topological polar surface area (TPSA) is 443 Å². The van der Waals surface area contributed by atoms with Crippen molar-refractivity contribution in [1.82, 2.24) is 52.3 Å². The number of carbonyl (C=O) groups excluding carboxylic acids is 10. The lowest BCUT2D eigenvalue weighted by Crippen LogP contribution is -2.62. The Labute approximate surface area is 526 Å². The molecule has 28 heteroatoms. The number of aromatic hydroxyl groups is 2. The molecule has 0 saturated carbocycles. The number of guanidine groups is 2. The summed E-state index contributed by atoms with van der Waals surface area (Å²) in [6.07, 6.45) is 1.15. The van der Waals surface area contributed by atoms with Crippen LogP contribution in [0.2, 0.25) is 0 Å². The fourth-order valence-corrected chi connectivity index (χ4v) is 11.3. The highest BCUT2D eigenvalue weighted by Crippen LogP contribution is 2.24. The van der Waals surface area contributed by atoms with E-state index in [-0.39, 0.29) is 126 Å². The van der Waals surface area contributed by atoms with Gasteiger partial charge in [-0.1, -0.05) is 79.7 Å². The van der Waals surface area contributed by atoms with Crippen LogP contribution in [0.25, 0.3) is 0 Å². The molecule has 2 aromatic carbocycles. The van der Waals surface area contributed by atoms with Crippen molar-refractivity contribution in [3.8, 4) is 11.5 Å². The second kappa shape index (κ2) is 34.3. The van der Waals surface area contributed by atoms with Gasteiger partial charge in [-0.05, 0) is 123 Å². The van der Waals surface area contributed by atoms with Crippen LogP contribution in [0.15, 0.2) is 58.5 Å². The summed E-state index contributed by atoms with van der Waals surface area (Å²) in [4.78, 5) is 158. The second-order valence-electron chi connectivity index (χ2n) is 25.1. The van der Waals surface area contributed by atoms with E-state index in [1.54, 1.807) is 52.0 Å². The molecule has 28 nitrogen and oxygen atoms in total. The Morgan fingerprint density at radius 1 is 0.444 bits per heavy atom. The second-order valence-corrected chi connectivity index (χ2v) is 25.1. The molecule has 3 aliphatic heterocycles. The first-order valence-corrected chi connectivity index (χ1v) is 31.2. The first-order valence-electron chi connectivity index (χ1n) is 31.2. The van der Waals surface area contributed by atoms with Crippen LogP contribution in [0, 0.1) is 23.7 Å². The number of hydrogen-bond acceptors (Lipinski definition) is 14. The molecule has 90 heavy (non-hydrogen) atoms. The van der Waals surface area contributed by atoms with E-state index in [1.807, 2.05) is 27.7 Å². The largest absolute Gasteiger partial charge is 0.508 e. The molecule has 3 saturated heterocycles. The van der Waals surface area contributed by atoms with Crippen molar-refractivity contribution in [3.63, 3.8) is 0 Å². The van der Waals surface area contributed by atoms with E-state index in [0.717, 1.165) is 0 Å². The molecule has 0 unspecified atom stereocenters. The molecular weight excluding hydrogens is 1160 g/mol. The number of aliphatic imine (C=N–C) groups is 2. The Morgan fingerprint density at radius 2 is 0.756 bits per heavy atom. The molecule has 496 valence electrons. The summed E-state index contributed by atoms with van der Waals surface area (Å²) in [6, 6.07) is -0.928. The Balaban J connectivity index is 1.63. The third-order valence-corrected chi connectivity index (χ3v) is 16.0. The van der Waals surface area contributed by atoms with Crippen molar-refractivity contribution >= 4 is 71.0 Å². The van der Waals surface area contributed by atoms with Crippen molar-refractivity contribution in [2.45, 2.75) is 193 Å². The summed E-state index contributed by atoms with van der Waals surface area (Å²) >= 11 is 0. The van der Waals surface area contributed by atoms with Gasteiger partial charge in [-0.15, -0.1) is 0 Å². The van der Waals surface area contributed by atoms with Gasteiger partial charge in [0.25, 0.3) is 0 Å².